The number of nitrogens with zero attached hydrogens (tertiary/aromatic N) is 1. The van der Waals surface area contributed by atoms with Gasteiger partial charge in [-0.05, 0) is 30.5 Å². The van der Waals surface area contributed by atoms with E-state index in [4.69, 9.17) is 9.47 Å². The fourth-order valence-electron chi connectivity index (χ4n) is 1.50. The Morgan fingerprint density at radius 3 is 3.00 bits per heavy atom. The van der Waals surface area contributed by atoms with Gasteiger partial charge in [0.1, 0.15) is 5.75 Å². The molecule has 2 aromatic rings. The average Bonchev–Trinajstić information content (AvgIpc) is 2.36. The van der Waals surface area contributed by atoms with Crippen LogP contribution < -0.4 is 4.74 Å². The van der Waals surface area contributed by atoms with Gasteiger partial charge in [0.2, 0.25) is 0 Å². The maximum atomic E-state index is 11.1. The van der Waals surface area contributed by atoms with Crippen LogP contribution in [0.3, 0.4) is 0 Å². The van der Waals surface area contributed by atoms with Crippen molar-refractivity contribution in [2.24, 2.45) is 0 Å². The molecule has 2 rings (SSSR count). The third kappa shape index (κ3) is 2.93. The number of benzene rings is 1. The van der Waals surface area contributed by atoms with Crippen molar-refractivity contribution in [3.63, 3.8) is 0 Å². The summed E-state index contributed by atoms with van der Waals surface area (Å²) in [4.78, 5) is 15.2. The van der Waals surface area contributed by atoms with E-state index < -0.39 is 0 Å². The summed E-state index contributed by atoms with van der Waals surface area (Å²) in [5.41, 5.74) is 0. The first-order valence-corrected chi connectivity index (χ1v) is 5.42. The number of carbonyl (C=O) groups excluding carboxylic acids is 1. The Morgan fingerprint density at radius 2 is 2.18 bits per heavy atom. The number of hydrogen-bond donors (Lipinski definition) is 0. The molecule has 0 aliphatic heterocycles. The SMILES string of the molecule is CCOC(=O)COc1ccc2ccncc2c1. The maximum Gasteiger partial charge on any atom is 0.344 e. The molecule has 88 valence electrons. The Hall–Kier alpha value is -2.10. The molecule has 0 aliphatic carbocycles. The highest BCUT2D eigenvalue weighted by atomic mass is 16.6. The van der Waals surface area contributed by atoms with E-state index >= 15 is 0 Å². The van der Waals surface area contributed by atoms with Crippen LogP contribution in [0.1, 0.15) is 6.92 Å². The molecule has 0 unspecified atom stereocenters. The molecule has 0 radical (unpaired) electrons. The molecule has 1 aromatic carbocycles. The third-order valence-corrected chi connectivity index (χ3v) is 2.27. The number of fused-ring (bicyclic) bond motifs is 1. The highest BCUT2D eigenvalue weighted by Crippen LogP contribution is 2.19. The zero-order valence-corrected chi connectivity index (χ0v) is 9.55. The smallest absolute Gasteiger partial charge is 0.344 e. The van der Waals surface area contributed by atoms with Crippen LogP contribution in [-0.4, -0.2) is 24.2 Å². The molecule has 1 aromatic heterocycles. The second-order valence-corrected chi connectivity index (χ2v) is 3.48. The first kappa shape index (κ1) is 11.4. The summed E-state index contributed by atoms with van der Waals surface area (Å²) in [7, 11) is 0. The van der Waals surface area contributed by atoms with E-state index in [0.29, 0.717) is 12.4 Å². The van der Waals surface area contributed by atoms with Gasteiger partial charge in [0, 0.05) is 17.8 Å². The fraction of sp³-hybridized carbons (Fsp3) is 0.231. The van der Waals surface area contributed by atoms with Gasteiger partial charge < -0.3 is 9.47 Å². The van der Waals surface area contributed by atoms with E-state index in [9.17, 15) is 4.79 Å². The van der Waals surface area contributed by atoms with Crippen molar-refractivity contribution in [3.05, 3.63) is 36.7 Å². The Balaban J connectivity index is 2.06. The van der Waals surface area contributed by atoms with Gasteiger partial charge in [0.05, 0.1) is 6.61 Å². The summed E-state index contributed by atoms with van der Waals surface area (Å²) in [5, 5.41) is 2.07. The van der Waals surface area contributed by atoms with E-state index in [-0.39, 0.29) is 12.6 Å². The van der Waals surface area contributed by atoms with Crippen molar-refractivity contribution < 1.29 is 14.3 Å². The topological polar surface area (TPSA) is 48.4 Å². The Labute approximate surface area is 99.2 Å². The summed E-state index contributed by atoms with van der Waals surface area (Å²) in [6.07, 6.45) is 3.49. The monoisotopic (exact) mass is 231 g/mol. The van der Waals surface area contributed by atoms with Crippen LogP contribution in [0, 0.1) is 0 Å². The molecule has 0 N–H and O–H groups in total. The first-order chi connectivity index (χ1) is 8.29. The lowest BCUT2D eigenvalue weighted by molar-refractivity contribution is -0.145. The molecule has 4 nitrogen and oxygen atoms in total. The second-order valence-electron chi connectivity index (χ2n) is 3.48. The molecule has 0 atom stereocenters. The predicted molar refractivity (Wildman–Crippen MR) is 63.9 cm³/mol. The minimum absolute atomic E-state index is 0.0698. The summed E-state index contributed by atoms with van der Waals surface area (Å²) in [6.45, 7) is 2.06. The normalized spacial score (nSPS) is 10.2. The lowest BCUT2D eigenvalue weighted by Crippen LogP contribution is -2.14. The van der Waals surface area contributed by atoms with Crippen molar-refractivity contribution >= 4 is 16.7 Å². The third-order valence-electron chi connectivity index (χ3n) is 2.27. The van der Waals surface area contributed by atoms with Gasteiger partial charge in [0.25, 0.3) is 0 Å². The van der Waals surface area contributed by atoms with Crippen molar-refractivity contribution in [1.82, 2.24) is 4.98 Å². The minimum Gasteiger partial charge on any atom is -0.482 e. The minimum atomic E-state index is -0.362. The first-order valence-electron chi connectivity index (χ1n) is 5.42. The number of carbonyl (C=O) groups is 1. The standard InChI is InChI=1S/C13H13NO3/c1-2-16-13(15)9-17-12-4-3-10-5-6-14-8-11(10)7-12/h3-8H,2,9H2,1H3. The summed E-state index contributed by atoms with van der Waals surface area (Å²) in [5.74, 6) is 0.275. The maximum absolute atomic E-state index is 11.1. The zero-order chi connectivity index (χ0) is 12.1. The van der Waals surface area contributed by atoms with Crippen LogP contribution in [0.2, 0.25) is 0 Å². The lowest BCUT2D eigenvalue weighted by Gasteiger charge is -2.06. The van der Waals surface area contributed by atoms with Gasteiger partial charge in [-0.1, -0.05) is 6.07 Å². The Bertz CT molecular complexity index is 525. The van der Waals surface area contributed by atoms with Crippen molar-refractivity contribution in [2.75, 3.05) is 13.2 Å². The highest BCUT2D eigenvalue weighted by molar-refractivity contribution is 5.82. The quantitative estimate of drug-likeness (QED) is 0.757. The van der Waals surface area contributed by atoms with Gasteiger partial charge in [-0.3, -0.25) is 4.98 Å². The molecule has 17 heavy (non-hydrogen) atoms. The van der Waals surface area contributed by atoms with Crippen molar-refractivity contribution in [1.29, 1.82) is 0 Å². The van der Waals surface area contributed by atoms with Gasteiger partial charge >= 0.3 is 5.97 Å². The van der Waals surface area contributed by atoms with Crippen LogP contribution in [0.25, 0.3) is 10.8 Å². The number of pyridine rings is 1. The number of rotatable bonds is 4. The highest BCUT2D eigenvalue weighted by Gasteiger charge is 2.03. The summed E-state index contributed by atoms with van der Waals surface area (Å²) >= 11 is 0. The second kappa shape index (κ2) is 5.30. The van der Waals surface area contributed by atoms with Crippen LogP contribution >= 0.6 is 0 Å². The molecule has 0 saturated heterocycles. The van der Waals surface area contributed by atoms with Gasteiger partial charge in [-0.25, -0.2) is 4.79 Å². The molecule has 0 bridgehead atoms. The van der Waals surface area contributed by atoms with Gasteiger partial charge in [0.15, 0.2) is 6.61 Å². The number of hydrogen-bond acceptors (Lipinski definition) is 4. The summed E-state index contributed by atoms with van der Waals surface area (Å²) < 4.78 is 10.1. The van der Waals surface area contributed by atoms with E-state index in [1.807, 2.05) is 24.3 Å². The molecule has 1 heterocycles. The molecular weight excluding hydrogens is 218 g/mol. The molecule has 0 saturated carbocycles. The Kier molecular flexibility index (Phi) is 3.55. The van der Waals surface area contributed by atoms with E-state index in [1.54, 1.807) is 19.3 Å². The summed E-state index contributed by atoms with van der Waals surface area (Å²) in [6, 6.07) is 7.52. The van der Waals surface area contributed by atoms with Crippen LogP contribution in [-0.2, 0) is 9.53 Å². The number of esters is 1. The van der Waals surface area contributed by atoms with Crippen LogP contribution in [0.15, 0.2) is 36.7 Å². The zero-order valence-electron chi connectivity index (χ0n) is 9.55. The molecule has 0 aliphatic rings. The number of ether oxygens (including phenoxy) is 2. The molecule has 0 amide bonds. The molecule has 4 heteroatoms. The molecular formula is C13H13NO3. The largest absolute Gasteiger partial charge is 0.482 e. The average molecular weight is 231 g/mol. The lowest BCUT2D eigenvalue weighted by atomic mass is 10.2. The van der Waals surface area contributed by atoms with E-state index in [0.717, 1.165) is 10.8 Å². The van der Waals surface area contributed by atoms with E-state index in [1.165, 1.54) is 0 Å². The fourth-order valence-corrected chi connectivity index (χ4v) is 1.50. The molecule has 0 fully saturated rings. The molecule has 0 spiro atoms. The van der Waals surface area contributed by atoms with Crippen LogP contribution in [0.4, 0.5) is 0 Å². The van der Waals surface area contributed by atoms with Crippen LogP contribution in [0.5, 0.6) is 5.75 Å². The van der Waals surface area contributed by atoms with Gasteiger partial charge in [-0.2, -0.15) is 0 Å². The Morgan fingerprint density at radius 1 is 1.29 bits per heavy atom. The predicted octanol–water partition coefficient (Wildman–Crippen LogP) is 2.18. The van der Waals surface area contributed by atoms with Crippen molar-refractivity contribution in [2.45, 2.75) is 6.92 Å². The van der Waals surface area contributed by atoms with Gasteiger partial charge in [-0.15, -0.1) is 0 Å². The van der Waals surface area contributed by atoms with Crippen molar-refractivity contribution in [3.8, 4) is 5.75 Å². The van der Waals surface area contributed by atoms with E-state index in [2.05, 4.69) is 4.98 Å². The number of aromatic nitrogens is 1.